The Morgan fingerprint density at radius 3 is 2.36 bits per heavy atom. The molecular weight excluding hydrogens is 385 g/mol. The molecule has 0 unspecified atom stereocenters. The van der Waals surface area contributed by atoms with Crippen LogP contribution in [0.5, 0.6) is 0 Å². The van der Waals surface area contributed by atoms with Crippen molar-refractivity contribution in [2.45, 2.75) is 24.6 Å². The van der Waals surface area contributed by atoms with E-state index < -0.39 is 40.5 Å². The molecule has 2 aromatic heterocycles. The molecule has 3 aromatic rings. The second-order valence-electron chi connectivity index (χ2n) is 6.70. The molecule has 11 heteroatoms. The highest BCUT2D eigenvalue weighted by atomic mass is 19.4. The van der Waals surface area contributed by atoms with E-state index in [4.69, 9.17) is 0 Å². The van der Waals surface area contributed by atoms with Gasteiger partial charge in [-0.25, -0.2) is 23.3 Å². The van der Waals surface area contributed by atoms with Gasteiger partial charge in [-0.15, -0.1) is 0 Å². The maximum absolute atomic E-state index is 14.8. The van der Waals surface area contributed by atoms with Crippen LogP contribution in [0.2, 0.25) is 0 Å². The predicted octanol–water partition coefficient (Wildman–Crippen LogP) is 3.53. The summed E-state index contributed by atoms with van der Waals surface area (Å²) in [7, 11) is 0. The number of alkyl halides is 3. The first-order valence-corrected chi connectivity index (χ1v) is 8.22. The number of benzene rings is 1. The van der Waals surface area contributed by atoms with Gasteiger partial charge in [0.25, 0.3) is 5.91 Å². The first kappa shape index (κ1) is 16.9. The lowest BCUT2D eigenvalue weighted by molar-refractivity contribution is -0.137. The van der Waals surface area contributed by atoms with Crippen LogP contribution in [0.15, 0.2) is 36.9 Å². The highest BCUT2D eigenvalue weighted by Crippen LogP contribution is 2.54. The van der Waals surface area contributed by atoms with Crippen LogP contribution in [0.4, 0.5) is 33.6 Å². The summed E-state index contributed by atoms with van der Waals surface area (Å²) in [5, 5.41) is 3.50. The van der Waals surface area contributed by atoms with Gasteiger partial charge < -0.3 is 4.57 Å². The quantitative estimate of drug-likeness (QED) is 0.624. The lowest BCUT2D eigenvalue weighted by Crippen LogP contribution is -2.31. The molecule has 0 atom stereocenters. The number of imidazole rings is 1. The first-order valence-electron chi connectivity index (χ1n) is 8.22. The molecule has 6 nitrogen and oxygen atoms in total. The van der Waals surface area contributed by atoms with Crippen molar-refractivity contribution >= 4 is 17.5 Å². The highest BCUT2D eigenvalue weighted by Gasteiger charge is 2.60. The zero-order valence-electron chi connectivity index (χ0n) is 13.9. The molecule has 1 aliphatic heterocycles. The number of carbonyl (C=O) groups excluding carboxylic acids is 1. The second kappa shape index (κ2) is 5.18. The zero-order chi connectivity index (χ0) is 19.8. The maximum atomic E-state index is 14.8. The number of hydrogen-bond donors (Lipinski definition) is 0. The third-order valence-electron chi connectivity index (χ3n) is 5.01. The van der Waals surface area contributed by atoms with Gasteiger partial charge in [-0.2, -0.15) is 18.3 Å². The first-order chi connectivity index (χ1) is 13.2. The van der Waals surface area contributed by atoms with Crippen molar-refractivity contribution in [2.24, 2.45) is 0 Å². The molecule has 1 fully saturated rings. The van der Waals surface area contributed by atoms with Crippen LogP contribution in [0.3, 0.4) is 0 Å². The Bertz CT molecular complexity index is 1100. The van der Waals surface area contributed by atoms with E-state index >= 15 is 0 Å². The smallest absolute Gasteiger partial charge is 0.301 e. The number of hydrogen-bond acceptors (Lipinski definition) is 3. The monoisotopic (exact) mass is 395 g/mol. The van der Waals surface area contributed by atoms with Gasteiger partial charge in [0.15, 0.2) is 11.6 Å². The molecule has 3 heterocycles. The van der Waals surface area contributed by atoms with Crippen molar-refractivity contribution in [1.82, 2.24) is 19.3 Å². The molecule has 1 aliphatic carbocycles. The number of amides is 1. The Balaban J connectivity index is 1.59. The molecule has 5 rings (SSSR count). The Hall–Kier alpha value is -3.24. The van der Waals surface area contributed by atoms with E-state index in [0.717, 1.165) is 17.0 Å². The van der Waals surface area contributed by atoms with Crippen LogP contribution >= 0.6 is 0 Å². The van der Waals surface area contributed by atoms with Crippen molar-refractivity contribution in [3.8, 4) is 5.69 Å². The van der Waals surface area contributed by atoms with Gasteiger partial charge in [0.2, 0.25) is 5.95 Å². The summed E-state index contributed by atoms with van der Waals surface area (Å²) in [6.45, 7) is 0. The summed E-state index contributed by atoms with van der Waals surface area (Å²) >= 11 is 0. The Morgan fingerprint density at radius 1 is 1.11 bits per heavy atom. The fraction of sp³-hybridized carbons (Fsp3) is 0.235. The SMILES string of the molecule is O=C1N(c2c(F)cc(-n3cc(C(F)(F)F)cn3)cc2F)c2nccn2C12CC2. The van der Waals surface area contributed by atoms with Crippen LogP contribution in [0, 0.1) is 11.6 Å². The Kier molecular flexibility index (Phi) is 3.12. The molecule has 0 bridgehead atoms. The van der Waals surface area contributed by atoms with Gasteiger partial charge >= 0.3 is 6.18 Å². The topological polar surface area (TPSA) is 56.0 Å². The molecule has 2 aliphatic rings. The van der Waals surface area contributed by atoms with Gasteiger partial charge in [0.1, 0.15) is 11.2 Å². The third kappa shape index (κ3) is 2.15. The van der Waals surface area contributed by atoms with E-state index in [1.807, 2.05) is 0 Å². The van der Waals surface area contributed by atoms with Crippen LogP contribution in [0.25, 0.3) is 5.69 Å². The van der Waals surface area contributed by atoms with Crippen LogP contribution in [0.1, 0.15) is 18.4 Å². The van der Waals surface area contributed by atoms with Gasteiger partial charge in [-0.3, -0.25) is 4.79 Å². The second-order valence-corrected chi connectivity index (χ2v) is 6.70. The fourth-order valence-electron chi connectivity index (χ4n) is 3.48. The molecule has 1 aromatic carbocycles. The van der Waals surface area contributed by atoms with E-state index in [-0.39, 0.29) is 11.6 Å². The number of halogens is 5. The predicted molar refractivity (Wildman–Crippen MR) is 85.1 cm³/mol. The lowest BCUT2D eigenvalue weighted by Gasteiger charge is -2.17. The average molecular weight is 395 g/mol. The van der Waals surface area contributed by atoms with E-state index in [9.17, 15) is 26.7 Å². The molecule has 1 spiro atoms. The number of anilines is 2. The third-order valence-corrected chi connectivity index (χ3v) is 5.01. The van der Waals surface area contributed by atoms with Crippen molar-refractivity contribution in [3.05, 3.63) is 54.1 Å². The lowest BCUT2D eigenvalue weighted by atomic mass is 10.2. The molecule has 144 valence electrons. The molecule has 0 N–H and O–H groups in total. The summed E-state index contributed by atoms with van der Waals surface area (Å²) < 4.78 is 70.1. The van der Waals surface area contributed by atoms with E-state index in [1.165, 1.54) is 6.20 Å². The molecule has 0 saturated heterocycles. The van der Waals surface area contributed by atoms with Gasteiger partial charge in [0.05, 0.1) is 17.4 Å². The number of rotatable bonds is 2. The maximum Gasteiger partial charge on any atom is 0.419 e. The van der Waals surface area contributed by atoms with E-state index in [2.05, 4.69) is 10.1 Å². The minimum atomic E-state index is -4.63. The largest absolute Gasteiger partial charge is 0.419 e. The zero-order valence-corrected chi connectivity index (χ0v) is 13.9. The number of carbonyl (C=O) groups is 1. The van der Waals surface area contributed by atoms with Crippen LogP contribution in [-0.2, 0) is 16.5 Å². The number of nitrogens with zero attached hydrogens (tertiary/aromatic N) is 5. The standard InChI is InChI=1S/C17H10F5N5O/c18-11-5-10(26-8-9(7-24-26)17(20,21)22)6-12(19)13(11)27-14(28)16(1-2-16)25-4-3-23-15(25)27/h3-8H,1-2H2. The Morgan fingerprint density at radius 2 is 1.79 bits per heavy atom. The fourth-order valence-corrected chi connectivity index (χ4v) is 3.48. The highest BCUT2D eigenvalue weighted by molar-refractivity contribution is 6.09. The minimum absolute atomic E-state index is 0.103. The summed E-state index contributed by atoms with van der Waals surface area (Å²) in [6.07, 6.45) is 0.643. The normalized spacial score (nSPS) is 17.5. The number of fused-ring (bicyclic) bond motifs is 2. The molecule has 1 saturated carbocycles. The van der Waals surface area contributed by atoms with E-state index in [1.54, 1.807) is 10.8 Å². The summed E-state index contributed by atoms with van der Waals surface area (Å²) in [5.74, 6) is -2.61. The molecule has 28 heavy (non-hydrogen) atoms. The van der Waals surface area contributed by atoms with Crippen LogP contribution in [-0.4, -0.2) is 25.2 Å². The van der Waals surface area contributed by atoms with E-state index in [0.29, 0.717) is 29.9 Å². The van der Waals surface area contributed by atoms with Crippen molar-refractivity contribution in [3.63, 3.8) is 0 Å². The Labute approximate surface area is 153 Å². The van der Waals surface area contributed by atoms with Crippen LogP contribution < -0.4 is 4.90 Å². The molecular formula is C17H10F5N5O. The van der Waals surface area contributed by atoms with Gasteiger partial charge in [-0.1, -0.05) is 0 Å². The molecule has 0 radical (unpaired) electrons. The summed E-state index contributed by atoms with van der Waals surface area (Å²) in [5.41, 5.74) is -2.77. The van der Waals surface area contributed by atoms with Crippen molar-refractivity contribution in [1.29, 1.82) is 0 Å². The number of aromatic nitrogens is 4. The summed E-state index contributed by atoms with van der Waals surface area (Å²) in [4.78, 5) is 17.7. The van der Waals surface area contributed by atoms with Gasteiger partial charge in [0, 0.05) is 30.7 Å². The van der Waals surface area contributed by atoms with Crippen molar-refractivity contribution in [2.75, 3.05) is 4.90 Å². The minimum Gasteiger partial charge on any atom is -0.301 e. The summed E-state index contributed by atoms with van der Waals surface area (Å²) in [6, 6.07) is 1.65. The average Bonchev–Trinajstić information content (AvgIpc) is 2.99. The van der Waals surface area contributed by atoms with Crippen molar-refractivity contribution < 1.29 is 26.7 Å². The molecule has 1 amide bonds. The van der Waals surface area contributed by atoms with Gasteiger partial charge in [-0.05, 0) is 12.8 Å².